The highest BCUT2D eigenvalue weighted by Gasteiger charge is 2.24. The Balaban J connectivity index is 1.81. The third kappa shape index (κ3) is 3.07. The van der Waals surface area contributed by atoms with Gasteiger partial charge in [0, 0.05) is 11.4 Å². The molecule has 0 bridgehead atoms. The number of thiophene rings is 1. The summed E-state index contributed by atoms with van der Waals surface area (Å²) in [5, 5.41) is 4.93. The third-order valence-electron chi connectivity index (χ3n) is 3.71. The van der Waals surface area contributed by atoms with Crippen molar-refractivity contribution in [2.45, 2.75) is 32.2 Å². The molecule has 3 nitrogen and oxygen atoms in total. The molecule has 0 spiro atoms. The highest BCUT2D eigenvalue weighted by molar-refractivity contribution is 7.10. The molecule has 3 unspecified atom stereocenters. The molecule has 1 aliphatic rings. The van der Waals surface area contributed by atoms with Gasteiger partial charge in [0.05, 0.1) is 0 Å². The summed E-state index contributed by atoms with van der Waals surface area (Å²) in [5.41, 5.74) is 5.90. The minimum absolute atomic E-state index is 0.0495. The van der Waals surface area contributed by atoms with Crippen LogP contribution in [0, 0.1) is 11.8 Å². The molecule has 1 aliphatic carbocycles. The normalized spacial score (nSPS) is 25.8. The molecule has 3 atom stereocenters. The Hall–Kier alpha value is -0.870. The Bertz CT molecular complexity index is 364. The van der Waals surface area contributed by atoms with E-state index in [1.54, 1.807) is 0 Å². The van der Waals surface area contributed by atoms with Crippen LogP contribution in [-0.4, -0.2) is 12.5 Å². The molecule has 1 fully saturated rings. The van der Waals surface area contributed by atoms with Crippen molar-refractivity contribution in [3.05, 3.63) is 22.4 Å². The van der Waals surface area contributed by atoms with Crippen molar-refractivity contribution >= 4 is 17.2 Å². The van der Waals surface area contributed by atoms with Gasteiger partial charge in [-0.15, -0.1) is 11.3 Å². The minimum atomic E-state index is -0.508. The monoisotopic (exact) mass is 252 g/mol. The van der Waals surface area contributed by atoms with Crippen LogP contribution in [0.15, 0.2) is 17.5 Å². The van der Waals surface area contributed by atoms with Crippen LogP contribution in [0.1, 0.15) is 37.1 Å². The largest absolute Gasteiger partial charge is 0.354 e. The number of carbonyl (C=O) groups is 1. The molecular weight excluding hydrogens is 232 g/mol. The van der Waals surface area contributed by atoms with E-state index in [4.69, 9.17) is 5.73 Å². The van der Waals surface area contributed by atoms with Crippen LogP contribution in [0.25, 0.3) is 0 Å². The van der Waals surface area contributed by atoms with Gasteiger partial charge in [-0.25, -0.2) is 0 Å². The molecule has 1 heterocycles. The van der Waals surface area contributed by atoms with Crippen LogP contribution in [0.4, 0.5) is 0 Å². The maximum Gasteiger partial charge on any atom is 0.242 e. The molecule has 1 aromatic rings. The van der Waals surface area contributed by atoms with E-state index in [0.717, 1.165) is 17.3 Å². The molecule has 4 heteroatoms. The fraction of sp³-hybridized carbons (Fsp3) is 0.615. The minimum Gasteiger partial charge on any atom is -0.354 e. The molecular formula is C13H20N2OS. The Morgan fingerprint density at radius 3 is 3.06 bits per heavy atom. The van der Waals surface area contributed by atoms with Crippen molar-refractivity contribution in [3.63, 3.8) is 0 Å². The number of carbonyl (C=O) groups excluding carboxylic acids is 1. The standard InChI is InChI=1S/C13H20N2OS/c1-9-4-2-5-10(9)8-15-13(16)12(14)11-6-3-7-17-11/h3,6-7,9-10,12H,2,4-5,8,14H2,1H3,(H,15,16). The van der Waals surface area contributed by atoms with Crippen LogP contribution in [0.2, 0.25) is 0 Å². The fourth-order valence-corrected chi connectivity index (χ4v) is 3.19. The highest BCUT2D eigenvalue weighted by atomic mass is 32.1. The zero-order valence-corrected chi connectivity index (χ0v) is 11.0. The van der Waals surface area contributed by atoms with E-state index in [0.29, 0.717) is 5.92 Å². The summed E-state index contributed by atoms with van der Waals surface area (Å²) in [6.45, 7) is 3.04. The van der Waals surface area contributed by atoms with Crippen molar-refractivity contribution in [3.8, 4) is 0 Å². The third-order valence-corrected chi connectivity index (χ3v) is 4.67. The number of hydrogen-bond acceptors (Lipinski definition) is 3. The maximum atomic E-state index is 11.9. The number of amides is 1. The molecule has 2 rings (SSSR count). The van der Waals surface area contributed by atoms with Gasteiger partial charge in [0.25, 0.3) is 0 Å². The van der Waals surface area contributed by atoms with Crippen LogP contribution < -0.4 is 11.1 Å². The average Bonchev–Trinajstić information content (AvgIpc) is 2.96. The second-order valence-electron chi connectivity index (χ2n) is 4.91. The first-order valence-corrected chi connectivity index (χ1v) is 7.13. The van der Waals surface area contributed by atoms with E-state index in [1.165, 1.54) is 30.6 Å². The van der Waals surface area contributed by atoms with Gasteiger partial charge in [-0.05, 0) is 29.7 Å². The summed E-state index contributed by atoms with van der Waals surface area (Å²) in [6.07, 6.45) is 3.81. The molecule has 3 N–H and O–H groups in total. The Labute approximate surface area is 106 Å². The van der Waals surface area contributed by atoms with E-state index in [2.05, 4.69) is 12.2 Å². The molecule has 0 radical (unpaired) electrons. The van der Waals surface area contributed by atoms with E-state index in [9.17, 15) is 4.79 Å². The lowest BCUT2D eigenvalue weighted by molar-refractivity contribution is -0.122. The van der Waals surface area contributed by atoms with Gasteiger partial charge in [-0.2, -0.15) is 0 Å². The van der Waals surface area contributed by atoms with Crippen molar-refractivity contribution in [2.24, 2.45) is 17.6 Å². The number of nitrogens with one attached hydrogen (secondary N) is 1. The fourth-order valence-electron chi connectivity index (χ4n) is 2.46. The number of hydrogen-bond donors (Lipinski definition) is 2. The van der Waals surface area contributed by atoms with Crippen molar-refractivity contribution in [1.82, 2.24) is 5.32 Å². The quantitative estimate of drug-likeness (QED) is 0.864. The summed E-state index contributed by atoms with van der Waals surface area (Å²) >= 11 is 1.53. The van der Waals surface area contributed by atoms with E-state index >= 15 is 0 Å². The second kappa shape index (κ2) is 5.65. The van der Waals surface area contributed by atoms with Gasteiger partial charge in [0.15, 0.2) is 0 Å². The molecule has 0 aliphatic heterocycles. The van der Waals surface area contributed by atoms with Gasteiger partial charge in [0.2, 0.25) is 5.91 Å². The van der Waals surface area contributed by atoms with Gasteiger partial charge in [0.1, 0.15) is 6.04 Å². The molecule has 1 aromatic heterocycles. The van der Waals surface area contributed by atoms with Crippen molar-refractivity contribution in [2.75, 3.05) is 6.54 Å². The van der Waals surface area contributed by atoms with E-state index in [-0.39, 0.29) is 5.91 Å². The van der Waals surface area contributed by atoms with Crippen molar-refractivity contribution in [1.29, 1.82) is 0 Å². The summed E-state index contributed by atoms with van der Waals surface area (Å²) < 4.78 is 0. The highest BCUT2D eigenvalue weighted by Crippen LogP contribution is 2.30. The van der Waals surface area contributed by atoms with Gasteiger partial charge < -0.3 is 11.1 Å². The summed E-state index contributed by atoms with van der Waals surface area (Å²) in [6, 6.07) is 3.32. The lowest BCUT2D eigenvalue weighted by Crippen LogP contribution is -2.37. The Morgan fingerprint density at radius 2 is 2.47 bits per heavy atom. The van der Waals surface area contributed by atoms with Crippen LogP contribution in [0.5, 0.6) is 0 Å². The van der Waals surface area contributed by atoms with Gasteiger partial charge in [-0.1, -0.05) is 25.8 Å². The zero-order chi connectivity index (χ0) is 12.3. The molecule has 1 saturated carbocycles. The molecule has 94 valence electrons. The van der Waals surface area contributed by atoms with Crippen LogP contribution >= 0.6 is 11.3 Å². The Morgan fingerprint density at radius 1 is 1.65 bits per heavy atom. The maximum absolute atomic E-state index is 11.9. The first-order valence-electron chi connectivity index (χ1n) is 6.25. The van der Waals surface area contributed by atoms with Crippen LogP contribution in [-0.2, 0) is 4.79 Å². The zero-order valence-electron chi connectivity index (χ0n) is 10.2. The Kier molecular flexibility index (Phi) is 4.18. The van der Waals surface area contributed by atoms with E-state index < -0.39 is 6.04 Å². The predicted molar refractivity (Wildman–Crippen MR) is 70.8 cm³/mol. The molecule has 0 aromatic carbocycles. The van der Waals surface area contributed by atoms with Crippen molar-refractivity contribution < 1.29 is 4.79 Å². The topological polar surface area (TPSA) is 55.1 Å². The SMILES string of the molecule is CC1CCCC1CNC(=O)C(N)c1cccs1. The first-order chi connectivity index (χ1) is 8.18. The van der Waals surface area contributed by atoms with E-state index in [1.807, 2.05) is 17.5 Å². The predicted octanol–water partition coefficient (Wildman–Crippen LogP) is 2.30. The summed E-state index contributed by atoms with van der Waals surface area (Å²) in [7, 11) is 0. The first kappa shape index (κ1) is 12.6. The second-order valence-corrected chi connectivity index (χ2v) is 5.89. The number of nitrogens with two attached hydrogens (primary N) is 1. The average molecular weight is 252 g/mol. The summed E-state index contributed by atoms with van der Waals surface area (Å²) in [4.78, 5) is 12.8. The van der Waals surface area contributed by atoms with Crippen LogP contribution in [0.3, 0.4) is 0 Å². The lowest BCUT2D eigenvalue weighted by atomic mass is 9.98. The molecule has 17 heavy (non-hydrogen) atoms. The number of rotatable bonds is 4. The lowest BCUT2D eigenvalue weighted by Gasteiger charge is -2.17. The van der Waals surface area contributed by atoms with Gasteiger partial charge >= 0.3 is 0 Å². The smallest absolute Gasteiger partial charge is 0.242 e. The summed E-state index contributed by atoms with van der Waals surface area (Å²) in [5.74, 6) is 1.31. The van der Waals surface area contributed by atoms with Gasteiger partial charge in [-0.3, -0.25) is 4.79 Å². The molecule has 0 saturated heterocycles. The molecule has 1 amide bonds.